The van der Waals surface area contributed by atoms with Crippen molar-refractivity contribution in [3.05, 3.63) is 0 Å². The second-order valence-electron chi connectivity index (χ2n) is 5.64. The first-order valence-electron chi connectivity index (χ1n) is 7.49. The molecule has 2 fully saturated rings. The summed E-state index contributed by atoms with van der Waals surface area (Å²) in [6.07, 6.45) is 10.1. The Morgan fingerprint density at radius 2 is 1.83 bits per heavy atom. The lowest BCUT2D eigenvalue weighted by Crippen LogP contribution is -2.51. The van der Waals surface area contributed by atoms with Crippen molar-refractivity contribution in [3.8, 4) is 0 Å². The Morgan fingerprint density at radius 1 is 1.11 bits per heavy atom. The average molecular weight is 254 g/mol. The molecule has 0 spiro atoms. The maximum absolute atomic E-state index is 12.3. The van der Waals surface area contributed by atoms with Crippen LogP contribution in [0.4, 0.5) is 4.79 Å². The zero-order valence-electron chi connectivity index (χ0n) is 11.2. The van der Waals surface area contributed by atoms with Gasteiger partial charge in [0.2, 0.25) is 0 Å². The van der Waals surface area contributed by atoms with Gasteiger partial charge in [-0.25, -0.2) is 4.79 Å². The van der Waals surface area contributed by atoms with Crippen LogP contribution in [0.25, 0.3) is 0 Å². The van der Waals surface area contributed by atoms with E-state index in [2.05, 4.69) is 5.32 Å². The highest BCUT2D eigenvalue weighted by Crippen LogP contribution is 2.21. The molecule has 2 aliphatic rings. The van der Waals surface area contributed by atoms with Gasteiger partial charge in [0.15, 0.2) is 0 Å². The second kappa shape index (κ2) is 6.98. The van der Waals surface area contributed by atoms with E-state index < -0.39 is 0 Å². The highest BCUT2D eigenvalue weighted by molar-refractivity contribution is 5.75. The number of carbonyl (C=O) groups excluding carboxylic acids is 1. The third-order valence-electron chi connectivity index (χ3n) is 4.28. The Balaban J connectivity index is 1.84. The van der Waals surface area contributed by atoms with E-state index in [0.29, 0.717) is 6.04 Å². The average Bonchev–Trinajstić information content (AvgIpc) is 2.41. The summed E-state index contributed by atoms with van der Waals surface area (Å²) in [6, 6.07) is 0.718. The summed E-state index contributed by atoms with van der Waals surface area (Å²) < 4.78 is 0. The molecule has 0 bridgehead atoms. The van der Waals surface area contributed by atoms with Crippen LogP contribution in [0.3, 0.4) is 0 Å². The van der Waals surface area contributed by atoms with E-state index in [1.165, 1.54) is 25.7 Å². The van der Waals surface area contributed by atoms with Gasteiger partial charge in [0, 0.05) is 25.2 Å². The Labute approximate surface area is 110 Å². The van der Waals surface area contributed by atoms with Crippen molar-refractivity contribution in [1.82, 2.24) is 10.2 Å². The summed E-state index contributed by atoms with van der Waals surface area (Å²) in [5.41, 5.74) is 0. The Kier molecular flexibility index (Phi) is 5.29. The van der Waals surface area contributed by atoms with E-state index >= 15 is 0 Å². The number of nitrogens with one attached hydrogen (secondary N) is 1. The molecule has 0 aromatic heterocycles. The first-order chi connectivity index (χ1) is 8.81. The van der Waals surface area contributed by atoms with Crippen molar-refractivity contribution in [2.75, 3.05) is 13.2 Å². The van der Waals surface area contributed by atoms with Gasteiger partial charge in [-0.05, 0) is 38.5 Å². The van der Waals surface area contributed by atoms with Crippen LogP contribution in [0.5, 0.6) is 0 Å². The molecule has 1 unspecified atom stereocenters. The molecule has 2 N–H and O–H groups in total. The topological polar surface area (TPSA) is 52.6 Å². The number of rotatable bonds is 3. The molecular formula is C14H26N2O2. The lowest BCUT2D eigenvalue weighted by molar-refractivity contribution is 0.128. The monoisotopic (exact) mass is 254 g/mol. The van der Waals surface area contributed by atoms with Gasteiger partial charge < -0.3 is 15.3 Å². The molecule has 1 heterocycles. The minimum absolute atomic E-state index is 0.0973. The molecule has 0 radical (unpaired) electrons. The first kappa shape index (κ1) is 13.7. The number of nitrogens with zero attached hydrogens (tertiary/aromatic N) is 1. The number of carbonyl (C=O) groups is 1. The summed E-state index contributed by atoms with van der Waals surface area (Å²) in [6.45, 7) is 1.03. The van der Waals surface area contributed by atoms with Crippen LogP contribution in [0.15, 0.2) is 0 Å². The summed E-state index contributed by atoms with van der Waals surface area (Å²) in [5.74, 6) is 0. The molecule has 4 nitrogen and oxygen atoms in total. The van der Waals surface area contributed by atoms with Crippen LogP contribution < -0.4 is 5.32 Å². The molecule has 0 aromatic carbocycles. The summed E-state index contributed by atoms with van der Waals surface area (Å²) in [4.78, 5) is 14.2. The van der Waals surface area contributed by atoms with Crippen LogP contribution in [0.2, 0.25) is 0 Å². The Morgan fingerprint density at radius 3 is 2.56 bits per heavy atom. The fraction of sp³-hybridized carbons (Fsp3) is 0.929. The fourth-order valence-corrected chi connectivity index (χ4v) is 3.22. The fourth-order valence-electron chi connectivity index (χ4n) is 3.22. The van der Waals surface area contributed by atoms with E-state index in [-0.39, 0.29) is 18.7 Å². The zero-order valence-corrected chi connectivity index (χ0v) is 11.2. The summed E-state index contributed by atoms with van der Waals surface area (Å²) in [5, 5.41) is 12.3. The van der Waals surface area contributed by atoms with Crippen molar-refractivity contribution < 1.29 is 9.90 Å². The molecule has 2 rings (SSSR count). The van der Waals surface area contributed by atoms with Crippen LogP contribution in [0, 0.1) is 0 Å². The molecule has 1 saturated carbocycles. The van der Waals surface area contributed by atoms with Gasteiger partial charge in [-0.2, -0.15) is 0 Å². The predicted octanol–water partition coefficient (Wildman–Crippen LogP) is 2.27. The van der Waals surface area contributed by atoms with Crippen molar-refractivity contribution in [1.29, 1.82) is 0 Å². The lowest BCUT2D eigenvalue weighted by Gasteiger charge is -2.37. The van der Waals surface area contributed by atoms with E-state index in [1.54, 1.807) is 0 Å². The van der Waals surface area contributed by atoms with Gasteiger partial charge in [0.1, 0.15) is 0 Å². The molecular weight excluding hydrogens is 228 g/mol. The highest BCUT2D eigenvalue weighted by atomic mass is 16.3. The summed E-state index contributed by atoms with van der Waals surface area (Å²) >= 11 is 0. The van der Waals surface area contributed by atoms with Crippen LogP contribution >= 0.6 is 0 Å². The van der Waals surface area contributed by atoms with E-state index in [1.807, 2.05) is 4.90 Å². The molecule has 104 valence electrons. The van der Waals surface area contributed by atoms with Gasteiger partial charge >= 0.3 is 6.03 Å². The molecule has 1 aliphatic carbocycles. The lowest BCUT2D eigenvalue weighted by atomic mass is 9.95. The highest BCUT2D eigenvalue weighted by Gasteiger charge is 2.27. The van der Waals surface area contributed by atoms with Gasteiger partial charge in [0.05, 0.1) is 0 Å². The van der Waals surface area contributed by atoms with E-state index in [4.69, 9.17) is 5.11 Å². The third-order valence-corrected chi connectivity index (χ3v) is 4.28. The third kappa shape index (κ3) is 3.61. The Bertz CT molecular complexity index is 263. The number of urea groups is 1. The van der Waals surface area contributed by atoms with Crippen molar-refractivity contribution in [3.63, 3.8) is 0 Å². The standard InChI is InChI=1S/C14H26N2O2/c17-11-9-13-8-4-5-10-16(13)14(18)15-12-6-2-1-3-7-12/h12-13,17H,1-11H2,(H,15,18). The summed E-state index contributed by atoms with van der Waals surface area (Å²) in [7, 11) is 0. The second-order valence-corrected chi connectivity index (χ2v) is 5.64. The molecule has 2 amide bonds. The minimum atomic E-state index is 0.0973. The molecule has 4 heteroatoms. The van der Waals surface area contributed by atoms with Gasteiger partial charge in [0.25, 0.3) is 0 Å². The first-order valence-corrected chi connectivity index (χ1v) is 7.49. The quantitative estimate of drug-likeness (QED) is 0.811. The number of piperidine rings is 1. The normalized spacial score (nSPS) is 26.1. The number of likely N-dealkylation sites (tertiary alicyclic amines) is 1. The van der Waals surface area contributed by atoms with Gasteiger partial charge in [-0.15, -0.1) is 0 Å². The maximum Gasteiger partial charge on any atom is 0.317 e. The van der Waals surface area contributed by atoms with Crippen LogP contribution in [0.1, 0.15) is 57.8 Å². The van der Waals surface area contributed by atoms with Gasteiger partial charge in [-0.3, -0.25) is 0 Å². The molecule has 1 aliphatic heterocycles. The van der Waals surface area contributed by atoms with Crippen LogP contribution in [-0.2, 0) is 0 Å². The number of aliphatic hydroxyl groups is 1. The largest absolute Gasteiger partial charge is 0.396 e. The van der Waals surface area contributed by atoms with Crippen LogP contribution in [-0.4, -0.2) is 41.3 Å². The zero-order chi connectivity index (χ0) is 12.8. The molecule has 1 saturated heterocycles. The van der Waals surface area contributed by atoms with Crippen molar-refractivity contribution in [2.45, 2.75) is 69.9 Å². The van der Waals surface area contributed by atoms with Crippen molar-refractivity contribution in [2.24, 2.45) is 0 Å². The SMILES string of the molecule is O=C(NC1CCCCC1)N1CCCCC1CCO. The molecule has 0 aromatic rings. The van der Waals surface area contributed by atoms with E-state index in [0.717, 1.165) is 38.6 Å². The van der Waals surface area contributed by atoms with Crippen molar-refractivity contribution >= 4 is 6.03 Å². The predicted molar refractivity (Wildman–Crippen MR) is 71.5 cm³/mol. The van der Waals surface area contributed by atoms with E-state index in [9.17, 15) is 4.79 Å². The van der Waals surface area contributed by atoms with Gasteiger partial charge in [-0.1, -0.05) is 19.3 Å². The maximum atomic E-state index is 12.3. The number of amides is 2. The number of hydrogen-bond acceptors (Lipinski definition) is 2. The Hall–Kier alpha value is -0.770. The molecule has 1 atom stereocenters. The minimum Gasteiger partial charge on any atom is -0.396 e. The number of aliphatic hydroxyl groups excluding tert-OH is 1. The number of hydrogen-bond donors (Lipinski definition) is 2. The molecule has 18 heavy (non-hydrogen) atoms. The smallest absolute Gasteiger partial charge is 0.317 e.